The van der Waals surface area contributed by atoms with Gasteiger partial charge < -0.3 is 29.3 Å². The van der Waals surface area contributed by atoms with Gasteiger partial charge in [0, 0.05) is 45.2 Å². The van der Waals surface area contributed by atoms with Crippen LogP contribution in [-0.2, 0) is 9.47 Å². The number of morpholine rings is 2. The highest BCUT2D eigenvalue weighted by atomic mass is 16.5. The van der Waals surface area contributed by atoms with Gasteiger partial charge in [-0.1, -0.05) is 0 Å². The van der Waals surface area contributed by atoms with Crippen LogP contribution in [0.1, 0.15) is 0 Å². The van der Waals surface area contributed by atoms with Crippen LogP contribution in [0.3, 0.4) is 0 Å². The van der Waals surface area contributed by atoms with E-state index in [2.05, 4.69) is 14.8 Å². The molecule has 0 amide bonds. The minimum absolute atomic E-state index is 0.0658. The van der Waals surface area contributed by atoms with Crippen molar-refractivity contribution >= 4 is 28.5 Å². The summed E-state index contributed by atoms with van der Waals surface area (Å²) in [6, 6.07) is 2.05. The fraction of sp³-hybridized carbons (Fsp3) is 0.611. The van der Waals surface area contributed by atoms with Gasteiger partial charge in [-0.3, -0.25) is 0 Å². The van der Waals surface area contributed by atoms with Crippen LogP contribution in [0.4, 0.5) is 17.6 Å². The lowest BCUT2D eigenvalue weighted by atomic mass is 10.2. The predicted octanol–water partition coefficient (Wildman–Crippen LogP) is 0.127. The van der Waals surface area contributed by atoms with Crippen LogP contribution >= 0.6 is 0 Å². The first-order valence-corrected chi connectivity index (χ1v) is 9.41. The predicted molar refractivity (Wildman–Crippen MR) is 104 cm³/mol. The molecule has 1 N–H and O–H groups in total. The van der Waals surface area contributed by atoms with Crippen LogP contribution in [0.15, 0.2) is 12.3 Å². The van der Waals surface area contributed by atoms with Gasteiger partial charge in [-0.25, -0.2) is 9.97 Å². The van der Waals surface area contributed by atoms with Crippen molar-refractivity contribution in [3.8, 4) is 0 Å². The van der Waals surface area contributed by atoms with E-state index in [-0.39, 0.29) is 6.61 Å². The molecule has 146 valence electrons. The van der Waals surface area contributed by atoms with Gasteiger partial charge in [0.2, 0.25) is 5.95 Å². The molecule has 0 aromatic carbocycles. The number of ether oxygens (including phenoxy) is 2. The van der Waals surface area contributed by atoms with E-state index in [1.54, 1.807) is 0 Å². The van der Waals surface area contributed by atoms with Crippen molar-refractivity contribution in [1.29, 1.82) is 0 Å². The number of pyridine rings is 1. The SMILES string of the molecule is CN(CCO)c1nc(N2CCOCC2)nc2cnc(N3CCOCC3)cc12. The highest BCUT2D eigenvalue weighted by Gasteiger charge is 2.20. The number of anilines is 3. The zero-order valence-electron chi connectivity index (χ0n) is 15.7. The number of hydrogen-bond donors (Lipinski definition) is 1. The molecule has 9 nitrogen and oxygen atoms in total. The van der Waals surface area contributed by atoms with Gasteiger partial charge in [0.05, 0.1) is 44.7 Å². The second-order valence-corrected chi connectivity index (χ2v) is 6.75. The summed E-state index contributed by atoms with van der Waals surface area (Å²) in [5.41, 5.74) is 0.809. The molecule has 27 heavy (non-hydrogen) atoms. The number of hydrogen-bond acceptors (Lipinski definition) is 9. The fourth-order valence-corrected chi connectivity index (χ4v) is 3.41. The topological polar surface area (TPSA) is 87.1 Å². The number of likely N-dealkylation sites (N-methyl/N-ethyl adjacent to an activating group) is 1. The lowest BCUT2D eigenvalue weighted by molar-refractivity contribution is 0.122. The average molecular weight is 374 g/mol. The zero-order valence-corrected chi connectivity index (χ0v) is 15.7. The normalized spacial score (nSPS) is 18.1. The summed E-state index contributed by atoms with van der Waals surface area (Å²) in [6.07, 6.45) is 1.82. The zero-order chi connectivity index (χ0) is 18.6. The Morgan fingerprint density at radius 1 is 1.04 bits per heavy atom. The maximum absolute atomic E-state index is 9.40. The molecule has 2 saturated heterocycles. The standard InChI is InChI=1S/C18H26N6O3/c1-22(2-7-25)17-14-12-16(23-3-8-26-9-4-23)19-13-15(14)20-18(21-17)24-5-10-27-11-6-24/h12-13,25H,2-11H2,1H3. The summed E-state index contributed by atoms with van der Waals surface area (Å²) in [5.74, 6) is 2.41. The molecule has 0 bridgehead atoms. The van der Waals surface area contributed by atoms with Crippen molar-refractivity contribution in [3.05, 3.63) is 12.3 Å². The molecular weight excluding hydrogens is 348 g/mol. The van der Waals surface area contributed by atoms with Crippen LogP contribution in [0.25, 0.3) is 10.9 Å². The Kier molecular flexibility index (Phi) is 5.51. The van der Waals surface area contributed by atoms with Crippen LogP contribution in [0, 0.1) is 0 Å². The Balaban J connectivity index is 1.75. The van der Waals surface area contributed by atoms with Crippen molar-refractivity contribution in [3.63, 3.8) is 0 Å². The summed E-state index contributed by atoms with van der Waals surface area (Å²) < 4.78 is 10.9. The van der Waals surface area contributed by atoms with E-state index in [4.69, 9.17) is 19.4 Å². The third-order valence-electron chi connectivity index (χ3n) is 4.96. The summed E-state index contributed by atoms with van der Waals surface area (Å²) in [5, 5.41) is 10.3. The van der Waals surface area contributed by atoms with E-state index >= 15 is 0 Å². The Hall–Kier alpha value is -2.23. The molecule has 0 radical (unpaired) electrons. The van der Waals surface area contributed by atoms with E-state index in [1.807, 2.05) is 24.2 Å². The summed E-state index contributed by atoms with van der Waals surface area (Å²) in [6.45, 7) is 6.55. The largest absolute Gasteiger partial charge is 0.395 e. The molecule has 0 spiro atoms. The smallest absolute Gasteiger partial charge is 0.228 e. The van der Waals surface area contributed by atoms with E-state index in [9.17, 15) is 5.11 Å². The third-order valence-corrected chi connectivity index (χ3v) is 4.96. The lowest BCUT2D eigenvalue weighted by Crippen LogP contribution is -2.38. The van der Waals surface area contributed by atoms with E-state index in [0.29, 0.717) is 38.9 Å². The number of aliphatic hydroxyl groups excluding tert-OH is 1. The molecule has 0 unspecified atom stereocenters. The molecule has 2 aromatic heterocycles. The number of fused-ring (bicyclic) bond motifs is 1. The van der Waals surface area contributed by atoms with Gasteiger partial charge in [-0.15, -0.1) is 0 Å². The second kappa shape index (κ2) is 8.20. The molecule has 2 aliphatic rings. The Morgan fingerprint density at radius 3 is 2.37 bits per heavy atom. The quantitative estimate of drug-likeness (QED) is 0.784. The maximum Gasteiger partial charge on any atom is 0.228 e. The average Bonchev–Trinajstić information content (AvgIpc) is 2.74. The summed E-state index contributed by atoms with van der Waals surface area (Å²) in [7, 11) is 1.94. The fourth-order valence-electron chi connectivity index (χ4n) is 3.41. The molecule has 4 heterocycles. The second-order valence-electron chi connectivity index (χ2n) is 6.75. The minimum Gasteiger partial charge on any atom is -0.395 e. The highest BCUT2D eigenvalue weighted by Crippen LogP contribution is 2.29. The van der Waals surface area contributed by atoms with Crippen molar-refractivity contribution < 1.29 is 14.6 Å². The van der Waals surface area contributed by atoms with Gasteiger partial charge in [0.1, 0.15) is 11.6 Å². The van der Waals surface area contributed by atoms with Crippen LogP contribution in [-0.4, -0.2) is 92.9 Å². The monoisotopic (exact) mass is 374 g/mol. The molecule has 0 saturated carbocycles. The Bertz CT molecular complexity index is 777. The molecule has 2 aliphatic heterocycles. The van der Waals surface area contributed by atoms with Gasteiger partial charge in [-0.05, 0) is 6.07 Å². The van der Waals surface area contributed by atoms with E-state index in [1.165, 1.54) is 0 Å². The Labute approximate surface area is 158 Å². The first kappa shape index (κ1) is 18.1. The molecular formula is C18H26N6O3. The van der Waals surface area contributed by atoms with E-state index < -0.39 is 0 Å². The van der Waals surface area contributed by atoms with Crippen LogP contribution in [0.5, 0.6) is 0 Å². The highest BCUT2D eigenvalue weighted by molar-refractivity contribution is 5.92. The van der Waals surface area contributed by atoms with Crippen LogP contribution in [0.2, 0.25) is 0 Å². The number of nitrogens with zero attached hydrogens (tertiary/aromatic N) is 6. The van der Waals surface area contributed by atoms with Crippen LogP contribution < -0.4 is 14.7 Å². The van der Waals surface area contributed by atoms with Gasteiger partial charge >= 0.3 is 0 Å². The van der Waals surface area contributed by atoms with Gasteiger partial charge in [-0.2, -0.15) is 4.98 Å². The Morgan fingerprint density at radius 2 is 1.70 bits per heavy atom. The third kappa shape index (κ3) is 3.90. The molecule has 2 aromatic rings. The molecule has 9 heteroatoms. The minimum atomic E-state index is 0.0658. The maximum atomic E-state index is 9.40. The van der Waals surface area contributed by atoms with E-state index in [0.717, 1.165) is 48.7 Å². The van der Waals surface area contributed by atoms with Gasteiger partial charge in [0.25, 0.3) is 0 Å². The van der Waals surface area contributed by atoms with Gasteiger partial charge in [0.15, 0.2) is 0 Å². The van der Waals surface area contributed by atoms with Crippen molar-refractivity contribution in [2.24, 2.45) is 0 Å². The first-order chi connectivity index (χ1) is 13.3. The van der Waals surface area contributed by atoms with Crippen molar-refractivity contribution in [2.45, 2.75) is 0 Å². The molecule has 0 aliphatic carbocycles. The molecule has 2 fully saturated rings. The molecule has 4 rings (SSSR count). The first-order valence-electron chi connectivity index (χ1n) is 9.41. The number of rotatable bonds is 5. The lowest BCUT2D eigenvalue weighted by Gasteiger charge is -2.30. The summed E-state index contributed by atoms with van der Waals surface area (Å²) >= 11 is 0. The number of aliphatic hydroxyl groups is 1. The molecule has 0 atom stereocenters. The number of aromatic nitrogens is 3. The van der Waals surface area contributed by atoms with Crippen molar-refractivity contribution in [2.75, 3.05) is 87.5 Å². The van der Waals surface area contributed by atoms with Crippen molar-refractivity contribution in [1.82, 2.24) is 15.0 Å². The summed E-state index contributed by atoms with van der Waals surface area (Å²) in [4.78, 5) is 20.5.